The van der Waals surface area contributed by atoms with E-state index in [0.717, 1.165) is 33.2 Å². The number of ether oxygens (including phenoxy) is 1. The third-order valence-corrected chi connectivity index (χ3v) is 4.06. The Bertz CT molecular complexity index is 1050. The van der Waals surface area contributed by atoms with Crippen LogP contribution in [0.2, 0.25) is 0 Å². The summed E-state index contributed by atoms with van der Waals surface area (Å²) in [5.41, 5.74) is 8.81. The molecule has 0 radical (unpaired) electrons. The summed E-state index contributed by atoms with van der Waals surface area (Å²) in [6, 6.07) is 15.7. The molecule has 2 heterocycles. The van der Waals surface area contributed by atoms with Gasteiger partial charge in [-0.05, 0) is 18.2 Å². The van der Waals surface area contributed by atoms with Gasteiger partial charge in [0.2, 0.25) is 0 Å². The summed E-state index contributed by atoms with van der Waals surface area (Å²) in [6.45, 7) is 0. The van der Waals surface area contributed by atoms with Crippen LogP contribution in [0.3, 0.4) is 0 Å². The van der Waals surface area contributed by atoms with Gasteiger partial charge < -0.3 is 15.8 Å². The molecule has 4 rings (SSSR count). The summed E-state index contributed by atoms with van der Waals surface area (Å²) in [6.07, 6.45) is 0. The Morgan fingerprint density at radius 2 is 1.83 bits per heavy atom. The average molecular weight is 319 g/mol. The maximum absolute atomic E-state index is 6.15. The molecular formula is C18H17N5O. The van der Waals surface area contributed by atoms with E-state index in [9.17, 15) is 0 Å². The van der Waals surface area contributed by atoms with E-state index in [0.29, 0.717) is 11.6 Å². The molecule has 0 aliphatic carbocycles. The van der Waals surface area contributed by atoms with Crippen LogP contribution in [0.15, 0.2) is 48.5 Å². The maximum atomic E-state index is 6.15. The minimum atomic E-state index is 0.447. The minimum Gasteiger partial charge on any atom is -0.495 e. The second-order valence-electron chi connectivity index (χ2n) is 5.54. The van der Waals surface area contributed by atoms with Crippen LogP contribution < -0.4 is 15.8 Å². The molecule has 24 heavy (non-hydrogen) atoms. The van der Waals surface area contributed by atoms with Crippen molar-refractivity contribution in [3.8, 4) is 5.75 Å². The van der Waals surface area contributed by atoms with Crippen molar-refractivity contribution in [2.24, 2.45) is 7.05 Å². The quantitative estimate of drug-likeness (QED) is 0.604. The number of benzene rings is 2. The van der Waals surface area contributed by atoms with Gasteiger partial charge >= 0.3 is 0 Å². The average Bonchev–Trinajstić information content (AvgIpc) is 2.90. The van der Waals surface area contributed by atoms with Crippen molar-refractivity contribution in [3.63, 3.8) is 0 Å². The van der Waals surface area contributed by atoms with Crippen molar-refractivity contribution in [2.75, 3.05) is 18.2 Å². The summed E-state index contributed by atoms with van der Waals surface area (Å²) < 4.78 is 7.20. The van der Waals surface area contributed by atoms with Gasteiger partial charge in [-0.25, -0.2) is 4.98 Å². The van der Waals surface area contributed by atoms with Gasteiger partial charge in [-0.1, -0.05) is 30.3 Å². The number of aryl methyl sites for hydroxylation is 1. The molecule has 0 spiro atoms. The maximum Gasteiger partial charge on any atom is 0.157 e. The Hall–Kier alpha value is -3.28. The largest absolute Gasteiger partial charge is 0.495 e. The Morgan fingerprint density at radius 3 is 2.67 bits per heavy atom. The lowest BCUT2D eigenvalue weighted by Gasteiger charge is -2.12. The summed E-state index contributed by atoms with van der Waals surface area (Å²) in [7, 11) is 3.53. The molecule has 0 bridgehead atoms. The number of anilines is 3. The lowest BCUT2D eigenvalue weighted by atomic mass is 10.1. The first-order chi connectivity index (χ1) is 11.7. The number of rotatable bonds is 3. The highest BCUT2D eigenvalue weighted by Gasteiger charge is 2.17. The monoisotopic (exact) mass is 319 g/mol. The molecule has 0 fully saturated rings. The van der Waals surface area contributed by atoms with Gasteiger partial charge in [-0.2, -0.15) is 5.10 Å². The first-order valence-electron chi connectivity index (χ1n) is 7.60. The predicted octanol–water partition coefficient (Wildman–Crippen LogP) is 3.46. The molecule has 2 aromatic heterocycles. The highest BCUT2D eigenvalue weighted by Crippen LogP contribution is 2.36. The number of nitrogens with zero attached hydrogens (tertiary/aromatic N) is 3. The van der Waals surface area contributed by atoms with Gasteiger partial charge in [0.15, 0.2) is 5.82 Å². The number of nitrogen functional groups attached to an aromatic ring is 1. The van der Waals surface area contributed by atoms with Crippen molar-refractivity contribution >= 4 is 39.1 Å². The fraction of sp³-hybridized carbons (Fsp3) is 0.111. The van der Waals surface area contributed by atoms with Crippen molar-refractivity contribution in [2.45, 2.75) is 0 Å². The van der Waals surface area contributed by atoms with Gasteiger partial charge in [0, 0.05) is 12.4 Å². The van der Waals surface area contributed by atoms with Gasteiger partial charge in [-0.15, -0.1) is 0 Å². The standard InChI is InChI=1S/C18H17N5O/c1-23-16-11-7-3-4-8-12(11)20-18(15(16)17(19)22-23)21-13-9-5-6-10-14(13)24-2/h3-10H,1-2H3,(H2,19,22)(H,20,21). The highest BCUT2D eigenvalue weighted by atomic mass is 16.5. The Kier molecular flexibility index (Phi) is 3.23. The second kappa shape index (κ2) is 5.42. The molecule has 0 amide bonds. The van der Waals surface area contributed by atoms with Crippen LogP contribution in [-0.2, 0) is 7.05 Å². The lowest BCUT2D eigenvalue weighted by molar-refractivity contribution is 0.417. The van der Waals surface area contributed by atoms with Crippen LogP contribution >= 0.6 is 0 Å². The Morgan fingerprint density at radius 1 is 1.08 bits per heavy atom. The van der Waals surface area contributed by atoms with E-state index >= 15 is 0 Å². The molecule has 120 valence electrons. The number of pyridine rings is 1. The number of fused-ring (bicyclic) bond motifs is 3. The van der Waals surface area contributed by atoms with Crippen LogP contribution in [0, 0.1) is 0 Å². The fourth-order valence-corrected chi connectivity index (χ4v) is 3.00. The zero-order valence-corrected chi connectivity index (χ0v) is 13.4. The molecule has 3 N–H and O–H groups in total. The van der Waals surface area contributed by atoms with E-state index in [1.807, 2.05) is 55.6 Å². The molecule has 2 aromatic carbocycles. The molecular weight excluding hydrogens is 302 g/mol. The zero-order chi connectivity index (χ0) is 16.7. The van der Waals surface area contributed by atoms with Gasteiger partial charge in [0.1, 0.15) is 11.6 Å². The first kappa shape index (κ1) is 14.3. The number of methoxy groups -OCH3 is 1. The molecule has 0 aliphatic heterocycles. The van der Waals surface area contributed by atoms with Crippen LogP contribution in [0.25, 0.3) is 21.8 Å². The van der Waals surface area contributed by atoms with Gasteiger partial charge in [-0.3, -0.25) is 4.68 Å². The highest BCUT2D eigenvalue weighted by molar-refractivity contribution is 6.12. The molecule has 0 saturated heterocycles. The number of aromatic nitrogens is 3. The van der Waals surface area contributed by atoms with Crippen molar-refractivity contribution in [1.82, 2.24) is 14.8 Å². The molecule has 6 nitrogen and oxygen atoms in total. The predicted molar refractivity (Wildman–Crippen MR) is 96.7 cm³/mol. The van der Waals surface area contributed by atoms with E-state index in [-0.39, 0.29) is 0 Å². The van der Waals surface area contributed by atoms with Crippen LogP contribution in [0.4, 0.5) is 17.3 Å². The number of para-hydroxylation sites is 3. The smallest absolute Gasteiger partial charge is 0.157 e. The Labute approximate surface area is 138 Å². The summed E-state index contributed by atoms with van der Waals surface area (Å²) in [5, 5.41) is 9.54. The topological polar surface area (TPSA) is 78.0 Å². The number of nitrogens with one attached hydrogen (secondary N) is 1. The molecule has 0 atom stereocenters. The van der Waals surface area contributed by atoms with E-state index in [2.05, 4.69) is 10.4 Å². The summed E-state index contributed by atoms with van der Waals surface area (Å²) in [4.78, 5) is 4.75. The third-order valence-electron chi connectivity index (χ3n) is 4.06. The SMILES string of the molecule is COc1ccccc1Nc1nc2ccccc2c2c1c(N)nn2C. The fourth-order valence-electron chi connectivity index (χ4n) is 3.00. The Balaban J connectivity index is 2.00. The first-order valence-corrected chi connectivity index (χ1v) is 7.60. The minimum absolute atomic E-state index is 0.447. The van der Waals surface area contributed by atoms with Crippen molar-refractivity contribution in [1.29, 1.82) is 0 Å². The van der Waals surface area contributed by atoms with Gasteiger partial charge in [0.05, 0.1) is 29.2 Å². The normalized spacial score (nSPS) is 11.1. The van der Waals surface area contributed by atoms with Crippen LogP contribution in [-0.4, -0.2) is 21.9 Å². The molecule has 0 unspecified atom stereocenters. The van der Waals surface area contributed by atoms with E-state index < -0.39 is 0 Å². The molecule has 6 heteroatoms. The summed E-state index contributed by atoms with van der Waals surface area (Å²) in [5.74, 6) is 1.85. The van der Waals surface area contributed by atoms with E-state index in [1.165, 1.54) is 0 Å². The van der Waals surface area contributed by atoms with Gasteiger partial charge in [0.25, 0.3) is 0 Å². The molecule has 0 saturated carbocycles. The summed E-state index contributed by atoms with van der Waals surface area (Å²) >= 11 is 0. The third kappa shape index (κ3) is 2.11. The van der Waals surface area contributed by atoms with Crippen LogP contribution in [0.1, 0.15) is 0 Å². The molecule has 4 aromatic rings. The van der Waals surface area contributed by atoms with Crippen molar-refractivity contribution < 1.29 is 4.74 Å². The van der Waals surface area contributed by atoms with E-state index in [4.69, 9.17) is 15.5 Å². The van der Waals surface area contributed by atoms with E-state index in [1.54, 1.807) is 11.8 Å². The van der Waals surface area contributed by atoms with Crippen molar-refractivity contribution in [3.05, 3.63) is 48.5 Å². The number of nitrogens with two attached hydrogens (primary N) is 1. The second-order valence-corrected chi connectivity index (χ2v) is 5.54. The van der Waals surface area contributed by atoms with Crippen LogP contribution in [0.5, 0.6) is 5.75 Å². The molecule has 0 aliphatic rings. The lowest BCUT2D eigenvalue weighted by Crippen LogP contribution is -1.99. The number of hydrogen-bond acceptors (Lipinski definition) is 5. The zero-order valence-electron chi connectivity index (χ0n) is 13.4. The number of hydrogen-bond donors (Lipinski definition) is 2.